The van der Waals surface area contributed by atoms with Gasteiger partial charge in [0.2, 0.25) is 0 Å². The van der Waals surface area contributed by atoms with Crippen molar-refractivity contribution in [1.82, 2.24) is 14.5 Å². The summed E-state index contributed by atoms with van der Waals surface area (Å²) < 4.78 is 2.03. The minimum absolute atomic E-state index is 0.145. The van der Waals surface area contributed by atoms with Gasteiger partial charge in [-0.2, -0.15) is 0 Å². The van der Waals surface area contributed by atoms with Crippen molar-refractivity contribution in [2.75, 3.05) is 0 Å². The summed E-state index contributed by atoms with van der Waals surface area (Å²) in [5.41, 5.74) is 9.98. The number of nitrogens with two attached hydrogens (primary N) is 1. The van der Waals surface area contributed by atoms with E-state index in [1.807, 2.05) is 61.0 Å². The lowest BCUT2D eigenvalue weighted by Crippen LogP contribution is -2.12. The molecule has 0 aliphatic rings. The Morgan fingerprint density at radius 2 is 1.89 bits per heavy atom. The fraction of sp³-hybridized carbons (Fsp3) is 0.200. The van der Waals surface area contributed by atoms with Gasteiger partial charge in [-0.15, -0.1) is 0 Å². The van der Waals surface area contributed by atoms with E-state index in [4.69, 9.17) is 5.73 Å². The molecule has 0 aliphatic heterocycles. The Balaban J connectivity index is 2.38. The molecular weight excluding hydrogens is 236 g/mol. The minimum atomic E-state index is -0.145. The van der Waals surface area contributed by atoms with Crippen LogP contribution in [0, 0.1) is 6.92 Å². The van der Waals surface area contributed by atoms with Gasteiger partial charge in [0.25, 0.3) is 0 Å². The predicted octanol–water partition coefficient (Wildman–Crippen LogP) is 2.75. The number of imidazole rings is 1. The fourth-order valence-corrected chi connectivity index (χ4v) is 2.25. The van der Waals surface area contributed by atoms with Crippen molar-refractivity contribution in [2.45, 2.75) is 19.9 Å². The summed E-state index contributed by atoms with van der Waals surface area (Å²) in [4.78, 5) is 9.13. The third kappa shape index (κ3) is 1.90. The molecule has 0 aliphatic carbocycles. The van der Waals surface area contributed by atoms with Crippen molar-refractivity contribution in [3.05, 3.63) is 54.0 Å². The Bertz CT molecular complexity index is 714. The summed E-state index contributed by atoms with van der Waals surface area (Å²) in [5, 5.41) is 0. The molecule has 96 valence electrons. The number of fused-ring (bicyclic) bond motifs is 1. The van der Waals surface area contributed by atoms with Crippen LogP contribution in [0.15, 0.2) is 42.6 Å². The number of pyridine rings is 1. The van der Waals surface area contributed by atoms with Gasteiger partial charge in [-0.1, -0.05) is 18.2 Å². The second-order valence-corrected chi connectivity index (χ2v) is 4.73. The average Bonchev–Trinajstić information content (AvgIpc) is 2.81. The minimum Gasteiger partial charge on any atom is -0.322 e. The van der Waals surface area contributed by atoms with Crippen molar-refractivity contribution in [3.63, 3.8) is 0 Å². The molecule has 0 radical (unpaired) electrons. The molecule has 4 heteroatoms. The lowest BCUT2D eigenvalue weighted by molar-refractivity contribution is 0.725. The van der Waals surface area contributed by atoms with E-state index in [1.54, 1.807) is 0 Å². The van der Waals surface area contributed by atoms with Crippen molar-refractivity contribution in [3.8, 4) is 5.69 Å². The Labute approximate surface area is 111 Å². The summed E-state index contributed by atoms with van der Waals surface area (Å²) in [6.07, 6.45) is 1.81. The highest BCUT2D eigenvalue weighted by Gasteiger charge is 2.17. The van der Waals surface area contributed by atoms with E-state index in [-0.39, 0.29) is 6.04 Å². The average molecular weight is 252 g/mol. The molecular formula is C15H16N4. The molecule has 0 bridgehead atoms. The zero-order valence-electron chi connectivity index (χ0n) is 11.0. The van der Waals surface area contributed by atoms with E-state index in [2.05, 4.69) is 9.97 Å². The number of benzene rings is 1. The zero-order valence-corrected chi connectivity index (χ0v) is 11.0. The van der Waals surface area contributed by atoms with Gasteiger partial charge < -0.3 is 5.73 Å². The molecule has 0 unspecified atom stereocenters. The van der Waals surface area contributed by atoms with Gasteiger partial charge in [-0.3, -0.25) is 4.57 Å². The van der Waals surface area contributed by atoms with E-state index < -0.39 is 0 Å². The molecule has 2 aromatic heterocycles. The number of hydrogen-bond donors (Lipinski definition) is 1. The maximum atomic E-state index is 6.05. The van der Waals surface area contributed by atoms with Gasteiger partial charge in [0.05, 0.1) is 6.04 Å². The predicted molar refractivity (Wildman–Crippen MR) is 76.2 cm³/mol. The van der Waals surface area contributed by atoms with Crippen molar-refractivity contribution in [2.24, 2.45) is 5.73 Å². The van der Waals surface area contributed by atoms with E-state index in [0.29, 0.717) is 0 Å². The van der Waals surface area contributed by atoms with E-state index in [0.717, 1.165) is 28.2 Å². The third-order valence-corrected chi connectivity index (χ3v) is 3.20. The van der Waals surface area contributed by atoms with Crippen LogP contribution >= 0.6 is 0 Å². The Morgan fingerprint density at radius 3 is 2.58 bits per heavy atom. The SMILES string of the molecule is Cc1ccnc2c1nc([C@H](C)N)n2-c1ccccc1. The van der Waals surface area contributed by atoms with Gasteiger partial charge in [-0.05, 0) is 37.6 Å². The van der Waals surface area contributed by atoms with Crippen LogP contribution in [0.25, 0.3) is 16.9 Å². The first kappa shape index (κ1) is 11.9. The molecule has 0 amide bonds. The zero-order chi connectivity index (χ0) is 13.4. The maximum Gasteiger partial charge on any atom is 0.164 e. The standard InChI is InChI=1S/C15H16N4/c1-10-8-9-17-15-13(10)18-14(11(2)16)19(15)12-6-4-3-5-7-12/h3-9,11H,16H2,1-2H3/t11-/m0/s1. The number of rotatable bonds is 2. The summed E-state index contributed by atoms with van der Waals surface area (Å²) in [5.74, 6) is 0.836. The smallest absolute Gasteiger partial charge is 0.164 e. The van der Waals surface area contributed by atoms with E-state index in [1.165, 1.54) is 0 Å². The van der Waals surface area contributed by atoms with Crippen LogP contribution in [0.1, 0.15) is 24.4 Å². The monoisotopic (exact) mass is 252 g/mol. The van der Waals surface area contributed by atoms with Crippen molar-refractivity contribution in [1.29, 1.82) is 0 Å². The van der Waals surface area contributed by atoms with Crippen LogP contribution < -0.4 is 5.73 Å². The van der Waals surface area contributed by atoms with Crippen LogP contribution in [0.4, 0.5) is 0 Å². The molecule has 2 heterocycles. The number of aromatic nitrogens is 3. The first-order chi connectivity index (χ1) is 9.18. The first-order valence-corrected chi connectivity index (χ1v) is 6.33. The molecule has 0 spiro atoms. The molecule has 19 heavy (non-hydrogen) atoms. The van der Waals surface area contributed by atoms with Crippen LogP contribution in [0.3, 0.4) is 0 Å². The fourth-order valence-electron chi connectivity index (χ4n) is 2.25. The lowest BCUT2D eigenvalue weighted by Gasteiger charge is -2.10. The topological polar surface area (TPSA) is 56.7 Å². The quantitative estimate of drug-likeness (QED) is 0.763. The number of hydrogen-bond acceptors (Lipinski definition) is 3. The van der Waals surface area contributed by atoms with Crippen molar-refractivity contribution >= 4 is 11.2 Å². The van der Waals surface area contributed by atoms with Gasteiger partial charge in [0, 0.05) is 11.9 Å². The molecule has 0 saturated carbocycles. The first-order valence-electron chi connectivity index (χ1n) is 6.33. The maximum absolute atomic E-state index is 6.05. The van der Waals surface area contributed by atoms with Gasteiger partial charge in [0.1, 0.15) is 11.3 Å². The highest BCUT2D eigenvalue weighted by atomic mass is 15.1. The number of aryl methyl sites for hydroxylation is 1. The van der Waals surface area contributed by atoms with Crippen molar-refractivity contribution < 1.29 is 0 Å². The number of nitrogens with zero attached hydrogens (tertiary/aromatic N) is 3. The Morgan fingerprint density at radius 1 is 1.16 bits per heavy atom. The molecule has 3 rings (SSSR count). The van der Waals surface area contributed by atoms with E-state index >= 15 is 0 Å². The molecule has 1 atom stereocenters. The molecule has 2 N–H and O–H groups in total. The number of para-hydroxylation sites is 1. The molecule has 3 aromatic rings. The van der Waals surface area contributed by atoms with Crippen LogP contribution in [-0.2, 0) is 0 Å². The van der Waals surface area contributed by atoms with Gasteiger partial charge in [0.15, 0.2) is 5.65 Å². The highest BCUT2D eigenvalue weighted by Crippen LogP contribution is 2.24. The lowest BCUT2D eigenvalue weighted by atomic mass is 10.2. The largest absolute Gasteiger partial charge is 0.322 e. The Kier molecular flexibility index (Phi) is 2.80. The van der Waals surface area contributed by atoms with E-state index in [9.17, 15) is 0 Å². The summed E-state index contributed by atoms with van der Waals surface area (Å²) in [6, 6.07) is 11.9. The van der Waals surface area contributed by atoms with Gasteiger partial charge >= 0.3 is 0 Å². The highest BCUT2D eigenvalue weighted by molar-refractivity contribution is 5.77. The van der Waals surface area contributed by atoms with Gasteiger partial charge in [-0.25, -0.2) is 9.97 Å². The van der Waals surface area contributed by atoms with Crippen LogP contribution in [0.5, 0.6) is 0 Å². The van der Waals surface area contributed by atoms with Crippen LogP contribution in [0.2, 0.25) is 0 Å². The molecule has 1 aromatic carbocycles. The molecule has 0 saturated heterocycles. The second kappa shape index (κ2) is 4.48. The molecule has 0 fully saturated rings. The molecule has 4 nitrogen and oxygen atoms in total. The third-order valence-electron chi connectivity index (χ3n) is 3.20. The second-order valence-electron chi connectivity index (χ2n) is 4.73. The Hall–Kier alpha value is -2.20. The summed E-state index contributed by atoms with van der Waals surface area (Å²) >= 11 is 0. The van der Waals surface area contributed by atoms with Crippen LogP contribution in [-0.4, -0.2) is 14.5 Å². The summed E-state index contributed by atoms with van der Waals surface area (Å²) in [7, 11) is 0. The summed E-state index contributed by atoms with van der Waals surface area (Å²) in [6.45, 7) is 3.98. The normalized spacial score (nSPS) is 12.8.